The number of carboxylic acids is 1. The maximum Gasteiger partial charge on any atom is 0.326 e. The number of aromatic nitrogens is 1. The Morgan fingerprint density at radius 2 is 2.32 bits per heavy atom. The van der Waals surface area contributed by atoms with Gasteiger partial charge in [-0.25, -0.2) is 4.79 Å². The van der Waals surface area contributed by atoms with Crippen LogP contribution < -0.4 is 5.32 Å². The van der Waals surface area contributed by atoms with Gasteiger partial charge in [0, 0.05) is 18.5 Å². The molecule has 0 aliphatic carbocycles. The van der Waals surface area contributed by atoms with E-state index in [1.165, 1.54) is 6.08 Å². The molecule has 0 fully saturated rings. The van der Waals surface area contributed by atoms with Crippen LogP contribution in [0.5, 0.6) is 0 Å². The number of amides is 1. The van der Waals surface area contributed by atoms with Crippen molar-refractivity contribution in [3.05, 3.63) is 36.2 Å². The lowest BCUT2D eigenvalue weighted by molar-refractivity contribution is -0.141. The summed E-state index contributed by atoms with van der Waals surface area (Å²) in [6.45, 7) is 1.98. The van der Waals surface area contributed by atoms with Crippen LogP contribution in [0.2, 0.25) is 0 Å². The molecule has 102 valence electrons. The molecule has 0 aliphatic heterocycles. The largest absolute Gasteiger partial charge is 0.480 e. The van der Waals surface area contributed by atoms with E-state index in [1.807, 2.05) is 13.0 Å². The normalized spacial score (nSPS) is 12.3. The van der Waals surface area contributed by atoms with E-state index in [2.05, 4.69) is 10.3 Å². The quantitative estimate of drug-likeness (QED) is 0.735. The van der Waals surface area contributed by atoms with Gasteiger partial charge in [0.25, 0.3) is 0 Å². The first kappa shape index (κ1) is 14.9. The van der Waals surface area contributed by atoms with E-state index < -0.39 is 17.9 Å². The topological polar surface area (TPSA) is 79.3 Å². The van der Waals surface area contributed by atoms with Gasteiger partial charge in [-0.2, -0.15) is 0 Å². The van der Waals surface area contributed by atoms with E-state index in [0.29, 0.717) is 6.42 Å². The Bertz CT molecular complexity index is 443. The molecule has 0 saturated heterocycles. The first-order chi connectivity index (χ1) is 9.13. The Hall–Kier alpha value is -2.17. The summed E-state index contributed by atoms with van der Waals surface area (Å²) in [6, 6.07) is 2.74. The molecular formula is C14H18N2O3. The molecule has 1 rings (SSSR count). The average Bonchev–Trinajstić information content (AvgIpc) is 2.42. The average molecular weight is 262 g/mol. The van der Waals surface area contributed by atoms with E-state index in [0.717, 1.165) is 18.4 Å². The minimum atomic E-state index is -1.00. The highest BCUT2D eigenvalue weighted by molar-refractivity contribution is 5.94. The predicted octanol–water partition coefficient (Wildman–Crippen LogP) is 1.85. The van der Waals surface area contributed by atoms with Crippen LogP contribution >= 0.6 is 0 Å². The van der Waals surface area contributed by atoms with Gasteiger partial charge in [0.05, 0.1) is 0 Å². The fourth-order valence-corrected chi connectivity index (χ4v) is 1.53. The molecule has 2 N–H and O–H groups in total. The molecule has 0 aromatic carbocycles. The number of carbonyl (C=O) groups excluding carboxylic acids is 1. The van der Waals surface area contributed by atoms with Gasteiger partial charge in [-0.1, -0.05) is 25.8 Å². The van der Waals surface area contributed by atoms with Gasteiger partial charge in [-0.05, 0) is 24.1 Å². The van der Waals surface area contributed by atoms with Gasteiger partial charge in [-0.3, -0.25) is 9.78 Å². The second kappa shape index (κ2) is 8.02. The Kier molecular flexibility index (Phi) is 6.29. The highest BCUT2D eigenvalue weighted by atomic mass is 16.4. The monoisotopic (exact) mass is 262 g/mol. The number of rotatable bonds is 7. The third kappa shape index (κ3) is 5.81. The number of aliphatic carboxylic acids is 1. The van der Waals surface area contributed by atoms with E-state index in [9.17, 15) is 9.59 Å². The summed E-state index contributed by atoms with van der Waals surface area (Å²) in [5.74, 6) is -1.41. The summed E-state index contributed by atoms with van der Waals surface area (Å²) in [6.07, 6.45) is 8.28. The zero-order chi connectivity index (χ0) is 14.1. The minimum Gasteiger partial charge on any atom is -0.480 e. The number of pyridine rings is 1. The number of nitrogens with zero attached hydrogens (tertiary/aromatic N) is 1. The zero-order valence-corrected chi connectivity index (χ0v) is 10.9. The van der Waals surface area contributed by atoms with Gasteiger partial charge >= 0.3 is 5.97 Å². The summed E-state index contributed by atoms with van der Waals surface area (Å²) in [5, 5.41) is 11.5. The summed E-state index contributed by atoms with van der Waals surface area (Å²) in [5.41, 5.74) is 0.790. The lowest BCUT2D eigenvalue weighted by atomic mass is 10.1. The Labute approximate surface area is 112 Å². The van der Waals surface area contributed by atoms with Crippen LogP contribution in [0, 0.1) is 0 Å². The van der Waals surface area contributed by atoms with Gasteiger partial charge < -0.3 is 10.4 Å². The van der Waals surface area contributed by atoms with Gasteiger partial charge in [0.1, 0.15) is 6.04 Å². The van der Waals surface area contributed by atoms with E-state index in [4.69, 9.17) is 5.11 Å². The van der Waals surface area contributed by atoms with Crippen molar-refractivity contribution in [1.29, 1.82) is 0 Å². The van der Waals surface area contributed by atoms with Gasteiger partial charge in [0.15, 0.2) is 0 Å². The van der Waals surface area contributed by atoms with Crippen LogP contribution in [0.1, 0.15) is 31.7 Å². The van der Waals surface area contributed by atoms with Crippen molar-refractivity contribution < 1.29 is 14.7 Å². The lowest BCUT2D eigenvalue weighted by Gasteiger charge is -2.12. The first-order valence-corrected chi connectivity index (χ1v) is 6.25. The molecule has 1 aromatic rings. The molecule has 5 nitrogen and oxygen atoms in total. The van der Waals surface area contributed by atoms with E-state index in [-0.39, 0.29) is 0 Å². The van der Waals surface area contributed by atoms with Crippen molar-refractivity contribution in [2.45, 2.75) is 32.2 Å². The summed E-state index contributed by atoms with van der Waals surface area (Å²) in [7, 11) is 0. The van der Waals surface area contributed by atoms with Crippen molar-refractivity contribution in [3.63, 3.8) is 0 Å². The number of hydrogen-bond acceptors (Lipinski definition) is 3. The molecule has 0 saturated carbocycles. The van der Waals surface area contributed by atoms with Gasteiger partial charge in [-0.15, -0.1) is 0 Å². The predicted molar refractivity (Wildman–Crippen MR) is 72.4 cm³/mol. The lowest BCUT2D eigenvalue weighted by Crippen LogP contribution is -2.39. The van der Waals surface area contributed by atoms with Gasteiger partial charge in [0.2, 0.25) is 5.91 Å². The highest BCUT2D eigenvalue weighted by Gasteiger charge is 2.17. The number of hydrogen-bond donors (Lipinski definition) is 2. The molecule has 5 heteroatoms. The van der Waals surface area contributed by atoms with Crippen LogP contribution in [0.3, 0.4) is 0 Å². The van der Waals surface area contributed by atoms with Crippen LogP contribution in [-0.2, 0) is 9.59 Å². The summed E-state index contributed by atoms with van der Waals surface area (Å²) in [4.78, 5) is 26.5. The Morgan fingerprint density at radius 3 is 2.89 bits per heavy atom. The summed E-state index contributed by atoms with van der Waals surface area (Å²) >= 11 is 0. The van der Waals surface area contributed by atoms with Crippen molar-refractivity contribution in [2.75, 3.05) is 0 Å². The zero-order valence-electron chi connectivity index (χ0n) is 10.9. The third-order valence-corrected chi connectivity index (χ3v) is 2.57. The molecule has 0 bridgehead atoms. The molecule has 1 atom stereocenters. The van der Waals surface area contributed by atoms with E-state index in [1.54, 1.807) is 24.5 Å². The molecule has 19 heavy (non-hydrogen) atoms. The maximum atomic E-state index is 11.6. The Morgan fingerprint density at radius 1 is 1.53 bits per heavy atom. The number of carboxylic acid groups (broad SMARTS) is 1. The third-order valence-electron chi connectivity index (χ3n) is 2.57. The fraction of sp³-hybridized carbons (Fsp3) is 0.357. The summed E-state index contributed by atoms with van der Waals surface area (Å²) < 4.78 is 0. The van der Waals surface area contributed by atoms with Crippen molar-refractivity contribution in [1.82, 2.24) is 10.3 Å². The molecule has 0 radical (unpaired) electrons. The molecule has 0 unspecified atom stereocenters. The van der Waals surface area contributed by atoms with Crippen molar-refractivity contribution in [3.8, 4) is 0 Å². The highest BCUT2D eigenvalue weighted by Crippen LogP contribution is 2.02. The van der Waals surface area contributed by atoms with Crippen molar-refractivity contribution in [2.24, 2.45) is 0 Å². The van der Waals surface area contributed by atoms with Crippen LogP contribution in [0.4, 0.5) is 0 Å². The maximum absolute atomic E-state index is 11.6. The first-order valence-electron chi connectivity index (χ1n) is 6.25. The fourth-order valence-electron chi connectivity index (χ4n) is 1.53. The smallest absolute Gasteiger partial charge is 0.326 e. The second-order valence-corrected chi connectivity index (χ2v) is 4.16. The number of carbonyl (C=O) groups is 2. The standard InChI is InChI=1S/C14H18N2O3/c1-2-3-6-12(14(18)19)16-13(17)8-7-11-5-4-9-15-10-11/h4-5,7-10,12H,2-3,6H2,1H3,(H,16,17)(H,18,19)/b8-7+/t12-/m0/s1. The second-order valence-electron chi connectivity index (χ2n) is 4.16. The molecule has 0 spiro atoms. The van der Waals surface area contributed by atoms with Crippen molar-refractivity contribution >= 4 is 18.0 Å². The Balaban J connectivity index is 2.53. The SMILES string of the molecule is CCCC[C@H](NC(=O)/C=C/c1cccnc1)C(=O)O. The molecule has 1 heterocycles. The van der Waals surface area contributed by atoms with Crippen LogP contribution in [0.25, 0.3) is 6.08 Å². The van der Waals surface area contributed by atoms with Crippen LogP contribution in [-0.4, -0.2) is 28.0 Å². The molecule has 1 amide bonds. The molecule has 0 aliphatic rings. The van der Waals surface area contributed by atoms with Crippen LogP contribution in [0.15, 0.2) is 30.6 Å². The number of unbranched alkanes of at least 4 members (excludes halogenated alkanes) is 1. The minimum absolute atomic E-state index is 0.410. The molecular weight excluding hydrogens is 244 g/mol. The number of nitrogens with one attached hydrogen (secondary N) is 1. The molecule has 1 aromatic heterocycles. The van der Waals surface area contributed by atoms with E-state index >= 15 is 0 Å².